The first-order valence-corrected chi connectivity index (χ1v) is 9.39. The second kappa shape index (κ2) is 8.95. The van der Waals surface area contributed by atoms with Crippen molar-refractivity contribution in [2.45, 2.75) is 32.2 Å². The van der Waals surface area contributed by atoms with Crippen LogP contribution >= 0.6 is 0 Å². The fourth-order valence-corrected chi connectivity index (χ4v) is 3.76. The molecule has 0 spiro atoms. The molecule has 0 aliphatic carbocycles. The molecule has 1 N–H and O–H groups in total. The Morgan fingerprint density at radius 3 is 2.54 bits per heavy atom. The molecule has 1 aliphatic rings. The SMILES string of the molecule is CC(=O)N1CC[C@H](NCCc2ccc(F)cc2)[C@H](Cc2ccccc2)C1. The molecule has 138 valence electrons. The van der Waals surface area contributed by atoms with Crippen LogP contribution in [0, 0.1) is 11.7 Å². The van der Waals surface area contributed by atoms with Crippen molar-refractivity contribution in [1.82, 2.24) is 10.2 Å². The van der Waals surface area contributed by atoms with Crippen LogP contribution < -0.4 is 5.32 Å². The highest BCUT2D eigenvalue weighted by Gasteiger charge is 2.30. The summed E-state index contributed by atoms with van der Waals surface area (Å²) < 4.78 is 13.0. The number of carbonyl (C=O) groups excluding carboxylic acids is 1. The number of likely N-dealkylation sites (tertiary alicyclic amines) is 1. The number of nitrogens with zero attached hydrogens (tertiary/aromatic N) is 1. The molecule has 1 saturated heterocycles. The van der Waals surface area contributed by atoms with Crippen molar-refractivity contribution in [2.24, 2.45) is 5.92 Å². The summed E-state index contributed by atoms with van der Waals surface area (Å²) in [6, 6.07) is 17.6. The predicted molar refractivity (Wildman–Crippen MR) is 102 cm³/mol. The standard InChI is InChI=1S/C22H27FN2O/c1-17(26)25-14-12-22(20(16-25)15-19-5-3-2-4-6-19)24-13-11-18-7-9-21(23)10-8-18/h2-10,20,22,24H,11-16H2,1H3/t20-,22+/m1/s1. The number of amides is 1. The number of piperidine rings is 1. The fraction of sp³-hybridized carbons (Fsp3) is 0.409. The van der Waals surface area contributed by atoms with E-state index < -0.39 is 0 Å². The minimum absolute atomic E-state index is 0.160. The normalized spacial score (nSPS) is 20.2. The van der Waals surface area contributed by atoms with Crippen molar-refractivity contribution in [3.8, 4) is 0 Å². The van der Waals surface area contributed by atoms with Crippen molar-refractivity contribution >= 4 is 5.91 Å². The fourth-order valence-electron chi connectivity index (χ4n) is 3.76. The van der Waals surface area contributed by atoms with Crippen molar-refractivity contribution in [3.63, 3.8) is 0 Å². The van der Waals surface area contributed by atoms with Gasteiger partial charge < -0.3 is 10.2 Å². The number of nitrogens with one attached hydrogen (secondary N) is 1. The number of hydrogen-bond donors (Lipinski definition) is 1. The van der Waals surface area contributed by atoms with Crippen molar-refractivity contribution in [1.29, 1.82) is 0 Å². The van der Waals surface area contributed by atoms with Gasteiger partial charge in [-0.25, -0.2) is 4.39 Å². The number of halogens is 1. The van der Waals surface area contributed by atoms with E-state index in [-0.39, 0.29) is 11.7 Å². The molecule has 2 atom stereocenters. The average molecular weight is 354 g/mol. The van der Waals surface area contributed by atoms with E-state index in [1.165, 1.54) is 17.7 Å². The molecule has 1 aliphatic heterocycles. The number of rotatable bonds is 6. The number of hydrogen-bond acceptors (Lipinski definition) is 2. The molecule has 0 unspecified atom stereocenters. The first-order valence-electron chi connectivity index (χ1n) is 9.39. The van der Waals surface area contributed by atoms with Gasteiger partial charge in [-0.2, -0.15) is 0 Å². The van der Waals surface area contributed by atoms with Crippen LogP contribution in [0.25, 0.3) is 0 Å². The minimum Gasteiger partial charge on any atom is -0.343 e. The minimum atomic E-state index is -0.193. The summed E-state index contributed by atoms with van der Waals surface area (Å²) >= 11 is 0. The molecule has 1 amide bonds. The molecule has 26 heavy (non-hydrogen) atoms. The highest BCUT2D eigenvalue weighted by molar-refractivity contribution is 5.73. The average Bonchev–Trinajstić information content (AvgIpc) is 2.65. The molecule has 3 nitrogen and oxygen atoms in total. The monoisotopic (exact) mass is 354 g/mol. The van der Waals surface area contributed by atoms with Crippen LogP contribution in [0.2, 0.25) is 0 Å². The Balaban J connectivity index is 1.59. The molecular formula is C22H27FN2O. The van der Waals surface area contributed by atoms with Gasteiger partial charge in [0.15, 0.2) is 0 Å². The van der Waals surface area contributed by atoms with E-state index in [9.17, 15) is 9.18 Å². The topological polar surface area (TPSA) is 32.3 Å². The Morgan fingerprint density at radius 1 is 1.12 bits per heavy atom. The molecule has 2 aromatic carbocycles. The van der Waals surface area contributed by atoms with Crippen LogP contribution in [0.5, 0.6) is 0 Å². The summed E-state index contributed by atoms with van der Waals surface area (Å²) in [7, 11) is 0. The quantitative estimate of drug-likeness (QED) is 0.862. The van der Waals surface area contributed by atoms with Crippen LogP contribution in [0.15, 0.2) is 54.6 Å². The third-order valence-electron chi connectivity index (χ3n) is 5.25. The van der Waals surface area contributed by atoms with Gasteiger partial charge in [-0.1, -0.05) is 42.5 Å². The zero-order valence-corrected chi connectivity index (χ0v) is 15.3. The Hall–Kier alpha value is -2.20. The van der Waals surface area contributed by atoms with Crippen LogP contribution in [-0.2, 0) is 17.6 Å². The van der Waals surface area contributed by atoms with Gasteiger partial charge in [-0.15, -0.1) is 0 Å². The molecule has 0 aromatic heterocycles. The van der Waals surface area contributed by atoms with Gasteiger partial charge in [0.2, 0.25) is 5.91 Å². The van der Waals surface area contributed by atoms with E-state index in [0.29, 0.717) is 12.0 Å². The molecular weight excluding hydrogens is 327 g/mol. The summed E-state index contributed by atoms with van der Waals surface area (Å²) in [5, 5.41) is 3.68. The smallest absolute Gasteiger partial charge is 0.219 e. The van der Waals surface area contributed by atoms with Gasteiger partial charge in [0.1, 0.15) is 5.82 Å². The Bertz CT molecular complexity index is 702. The van der Waals surface area contributed by atoms with Gasteiger partial charge in [0.25, 0.3) is 0 Å². The maximum atomic E-state index is 13.0. The van der Waals surface area contributed by atoms with Crippen molar-refractivity contribution in [3.05, 3.63) is 71.5 Å². The van der Waals surface area contributed by atoms with E-state index >= 15 is 0 Å². The van der Waals surface area contributed by atoms with E-state index in [0.717, 1.165) is 44.5 Å². The van der Waals surface area contributed by atoms with Gasteiger partial charge in [0.05, 0.1) is 0 Å². The van der Waals surface area contributed by atoms with E-state index in [2.05, 4.69) is 29.6 Å². The van der Waals surface area contributed by atoms with E-state index in [1.54, 1.807) is 6.92 Å². The van der Waals surface area contributed by atoms with Gasteiger partial charge in [-0.05, 0) is 55.0 Å². The molecule has 2 aromatic rings. The maximum absolute atomic E-state index is 13.0. The van der Waals surface area contributed by atoms with Crippen molar-refractivity contribution < 1.29 is 9.18 Å². The van der Waals surface area contributed by atoms with Crippen LogP contribution in [0.4, 0.5) is 4.39 Å². The lowest BCUT2D eigenvalue weighted by atomic mass is 9.86. The summed E-state index contributed by atoms with van der Waals surface area (Å²) in [5.74, 6) is 0.373. The van der Waals surface area contributed by atoms with Gasteiger partial charge in [-0.3, -0.25) is 4.79 Å². The van der Waals surface area contributed by atoms with Gasteiger partial charge >= 0.3 is 0 Å². The van der Waals surface area contributed by atoms with Crippen LogP contribution in [-0.4, -0.2) is 36.5 Å². The number of carbonyl (C=O) groups is 1. The zero-order valence-electron chi connectivity index (χ0n) is 15.3. The molecule has 3 rings (SSSR count). The van der Waals surface area contributed by atoms with Crippen LogP contribution in [0.3, 0.4) is 0 Å². The van der Waals surface area contributed by atoms with Gasteiger partial charge in [0, 0.05) is 26.1 Å². The third kappa shape index (κ3) is 5.15. The van der Waals surface area contributed by atoms with Crippen molar-refractivity contribution in [2.75, 3.05) is 19.6 Å². The highest BCUT2D eigenvalue weighted by Crippen LogP contribution is 2.22. The second-order valence-electron chi connectivity index (χ2n) is 7.14. The largest absolute Gasteiger partial charge is 0.343 e. The van der Waals surface area contributed by atoms with E-state index in [4.69, 9.17) is 0 Å². The zero-order chi connectivity index (χ0) is 18.4. The first kappa shape index (κ1) is 18.6. The molecule has 0 bridgehead atoms. The summed E-state index contributed by atoms with van der Waals surface area (Å²) in [4.78, 5) is 13.8. The van der Waals surface area contributed by atoms with Crippen LogP contribution in [0.1, 0.15) is 24.5 Å². The molecule has 0 saturated carbocycles. The Labute approximate surface area is 155 Å². The molecule has 0 radical (unpaired) electrons. The molecule has 4 heteroatoms. The van der Waals surface area contributed by atoms with E-state index in [1.807, 2.05) is 23.1 Å². The first-order chi connectivity index (χ1) is 12.6. The summed E-state index contributed by atoms with van der Waals surface area (Å²) in [6.45, 7) is 4.14. The third-order valence-corrected chi connectivity index (χ3v) is 5.25. The predicted octanol–water partition coefficient (Wildman–Crippen LogP) is 3.44. The summed E-state index contributed by atoms with van der Waals surface area (Å²) in [6.07, 6.45) is 2.82. The number of benzene rings is 2. The lowest BCUT2D eigenvalue weighted by Gasteiger charge is -2.39. The molecule has 1 fully saturated rings. The highest BCUT2D eigenvalue weighted by atomic mass is 19.1. The second-order valence-corrected chi connectivity index (χ2v) is 7.14. The maximum Gasteiger partial charge on any atom is 0.219 e. The lowest BCUT2D eigenvalue weighted by Crippen LogP contribution is -2.51. The molecule has 1 heterocycles. The Kier molecular flexibility index (Phi) is 6.40. The summed E-state index contributed by atoms with van der Waals surface area (Å²) in [5.41, 5.74) is 2.45. The lowest BCUT2D eigenvalue weighted by molar-refractivity contribution is -0.131. The Morgan fingerprint density at radius 2 is 1.85 bits per heavy atom.